The smallest absolute Gasteiger partial charge is 0.246 e. The zero-order chi connectivity index (χ0) is 6.15. The Bertz CT molecular complexity index is 154. The highest BCUT2D eigenvalue weighted by Crippen LogP contribution is 2.09. The van der Waals surface area contributed by atoms with E-state index < -0.39 is 11.1 Å². The topological polar surface area (TPSA) is 52.5 Å². The summed E-state index contributed by atoms with van der Waals surface area (Å²) < 4.78 is 0. The third-order valence-electron chi connectivity index (χ3n) is 0.888. The van der Waals surface area contributed by atoms with Gasteiger partial charge in [0, 0.05) is 11.7 Å². The molecule has 1 heterocycles. The molecule has 8 heavy (non-hydrogen) atoms. The minimum atomic E-state index is -0.470. The minimum absolute atomic E-state index is 0.169. The summed E-state index contributed by atoms with van der Waals surface area (Å²) >= 11 is 3.78. The minimum Gasteiger partial charge on any atom is -0.861 e. The molecule has 0 fully saturated rings. The van der Waals surface area contributed by atoms with Crippen molar-refractivity contribution in [2.45, 2.75) is 11.7 Å². The van der Waals surface area contributed by atoms with Gasteiger partial charge in [0.1, 0.15) is 0 Å². The Morgan fingerprint density at radius 3 is 2.62 bits per heavy atom. The van der Waals surface area contributed by atoms with E-state index in [1.165, 1.54) is 0 Å². The van der Waals surface area contributed by atoms with Crippen LogP contribution in [0.5, 0.6) is 0 Å². The van der Waals surface area contributed by atoms with Gasteiger partial charge in [0.15, 0.2) is 0 Å². The molecular formula is C4H4NO2S-. The molecule has 1 aliphatic rings. The van der Waals surface area contributed by atoms with Crippen LogP contribution in [0.4, 0.5) is 0 Å². The Morgan fingerprint density at radius 1 is 1.88 bits per heavy atom. The van der Waals surface area contributed by atoms with Crippen LogP contribution < -0.4 is 5.11 Å². The van der Waals surface area contributed by atoms with Crippen molar-refractivity contribution in [3.63, 3.8) is 0 Å². The fourth-order valence-electron chi connectivity index (χ4n) is 0.496. The van der Waals surface area contributed by atoms with Crippen molar-refractivity contribution in [3.05, 3.63) is 0 Å². The van der Waals surface area contributed by atoms with Gasteiger partial charge in [-0.15, -0.1) is 0 Å². The first-order valence-corrected chi connectivity index (χ1v) is 2.68. The van der Waals surface area contributed by atoms with Gasteiger partial charge in [-0.1, -0.05) is 0 Å². The van der Waals surface area contributed by atoms with E-state index in [4.69, 9.17) is 0 Å². The summed E-state index contributed by atoms with van der Waals surface area (Å²) in [7, 11) is 0. The largest absolute Gasteiger partial charge is 0.861 e. The van der Waals surface area contributed by atoms with Gasteiger partial charge in [-0.05, 0) is 5.90 Å². The maximum absolute atomic E-state index is 10.3. The summed E-state index contributed by atoms with van der Waals surface area (Å²) in [4.78, 5) is 13.3. The highest BCUT2D eigenvalue weighted by molar-refractivity contribution is 7.81. The number of hydrogen-bond donors (Lipinski definition) is 1. The van der Waals surface area contributed by atoms with Crippen molar-refractivity contribution in [1.29, 1.82) is 0 Å². The highest BCUT2D eigenvalue weighted by Gasteiger charge is 2.15. The van der Waals surface area contributed by atoms with E-state index in [1.807, 2.05) is 0 Å². The first-order chi connectivity index (χ1) is 3.70. The highest BCUT2D eigenvalue weighted by atomic mass is 32.1. The number of thiol groups is 1. The number of aliphatic imine (C=N–C) groups is 1. The number of rotatable bonds is 0. The number of carbonyl (C=O) groups is 1. The quantitative estimate of drug-likeness (QED) is 0.426. The zero-order valence-electron chi connectivity index (χ0n) is 4.00. The van der Waals surface area contributed by atoms with Gasteiger partial charge >= 0.3 is 0 Å². The van der Waals surface area contributed by atoms with Crippen molar-refractivity contribution >= 4 is 24.4 Å². The molecule has 0 N–H and O–H groups in total. The van der Waals surface area contributed by atoms with Gasteiger partial charge in [-0.25, -0.2) is 4.99 Å². The molecular weight excluding hydrogens is 126 g/mol. The Balaban J connectivity index is 2.73. The number of carbonyl (C=O) groups excluding carboxylic acids is 1. The molecule has 1 unspecified atom stereocenters. The lowest BCUT2D eigenvalue weighted by Crippen LogP contribution is -2.23. The van der Waals surface area contributed by atoms with Gasteiger partial charge in [0.25, 0.3) is 0 Å². The standard InChI is InChI=1S/C4H5NO2S/c6-3-1-2(8)4(7)5-3/h2,8H,1H2,(H,5,6,7)/p-1. The average molecular weight is 130 g/mol. The zero-order valence-corrected chi connectivity index (χ0v) is 4.89. The van der Waals surface area contributed by atoms with Crippen LogP contribution in [0.25, 0.3) is 0 Å². The number of hydrogen-bond acceptors (Lipinski definition) is 3. The molecule has 1 atom stereocenters. The van der Waals surface area contributed by atoms with Crippen LogP contribution in [-0.2, 0) is 4.79 Å². The Kier molecular flexibility index (Phi) is 1.25. The van der Waals surface area contributed by atoms with Crippen LogP contribution >= 0.6 is 12.6 Å². The van der Waals surface area contributed by atoms with Crippen molar-refractivity contribution in [2.75, 3.05) is 0 Å². The van der Waals surface area contributed by atoms with E-state index in [0.29, 0.717) is 0 Å². The fourth-order valence-corrected chi connectivity index (χ4v) is 0.710. The monoisotopic (exact) mass is 130 g/mol. The van der Waals surface area contributed by atoms with Crippen molar-refractivity contribution in [2.24, 2.45) is 4.99 Å². The van der Waals surface area contributed by atoms with Crippen LogP contribution in [0.1, 0.15) is 6.42 Å². The summed E-state index contributed by atoms with van der Waals surface area (Å²) in [5.74, 6) is -0.756. The molecule has 0 saturated carbocycles. The predicted molar refractivity (Wildman–Crippen MR) is 29.8 cm³/mol. The third kappa shape index (κ3) is 0.838. The van der Waals surface area contributed by atoms with Gasteiger partial charge in [0.05, 0.1) is 0 Å². The third-order valence-corrected chi connectivity index (χ3v) is 1.29. The van der Waals surface area contributed by atoms with E-state index in [0.717, 1.165) is 0 Å². The number of amides is 1. The van der Waals surface area contributed by atoms with E-state index in [2.05, 4.69) is 17.6 Å². The maximum Gasteiger partial charge on any atom is 0.246 e. The molecule has 1 rings (SSSR count). The van der Waals surface area contributed by atoms with Crippen LogP contribution in [0.2, 0.25) is 0 Å². The molecule has 4 heteroatoms. The lowest BCUT2D eigenvalue weighted by atomic mass is 10.3. The second kappa shape index (κ2) is 1.78. The molecule has 0 spiro atoms. The van der Waals surface area contributed by atoms with E-state index in [-0.39, 0.29) is 12.3 Å². The summed E-state index contributed by atoms with van der Waals surface area (Å²) in [6.07, 6.45) is 0.169. The predicted octanol–water partition coefficient (Wildman–Crippen LogP) is -1.03. The molecule has 0 saturated heterocycles. The van der Waals surface area contributed by atoms with Crippen LogP contribution in [-0.4, -0.2) is 17.1 Å². The van der Waals surface area contributed by atoms with Crippen molar-refractivity contribution in [1.82, 2.24) is 0 Å². The molecule has 3 nitrogen and oxygen atoms in total. The SMILES string of the molecule is O=C1CC(S)C([O-])=N1. The van der Waals surface area contributed by atoms with Crippen molar-refractivity contribution < 1.29 is 9.90 Å². The van der Waals surface area contributed by atoms with Crippen molar-refractivity contribution in [3.8, 4) is 0 Å². The van der Waals surface area contributed by atoms with Gasteiger partial charge in [-0.2, -0.15) is 12.6 Å². The molecule has 1 aliphatic heterocycles. The number of nitrogens with zero attached hydrogens (tertiary/aromatic N) is 1. The summed E-state index contributed by atoms with van der Waals surface area (Å²) in [5.41, 5.74) is 0. The summed E-state index contributed by atoms with van der Waals surface area (Å²) in [6.45, 7) is 0. The normalized spacial score (nSPS) is 28.4. The Hall–Kier alpha value is -0.510. The molecule has 44 valence electrons. The average Bonchev–Trinajstić information content (AvgIpc) is 1.85. The van der Waals surface area contributed by atoms with Crippen LogP contribution in [0, 0.1) is 0 Å². The maximum atomic E-state index is 10.3. The van der Waals surface area contributed by atoms with Gasteiger partial charge in [-0.3, -0.25) is 4.79 Å². The van der Waals surface area contributed by atoms with Gasteiger partial charge in [0.2, 0.25) is 5.91 Å². The first-order valence-electron chi connectivity index (χ1n) is 2.16. The summed E-state index contributed by atoms with van der Waals surface area (Å²) in [5, 5.41) is 9.85. The Labute approximate surface area is 51.8 Å². The molecule has 0 radical (unpaired) electrons. The van der Waals surface area contributed by atoms with Crippen LogP contribution in [0.3, 0.4) is 0 Å². The second-order valence-corrected chi connectivity index (χ2v) is 2.19. The fraction of sp³-hybridized carbons (Fsp3) is 0.500. The molecule has 1 amide bonds. The van der Waals surface area contributed by atoms with Crippen LogP contribution in [0.15, 0.2) is 4.99 Å². The molecule has 0 aromatic heterocycles. The first kappa shape index (κ1) is 5.62. The van der Waals surface area contributed by atoms with E-state index >= 15 is 0 Å². The second-order valence-electron chi connectivity index (χ2n) is 1.56. The van der Waals surface area contributed by atoms with Gasteiger partial charge < -0.3 is 5.11 Å². The van der Waals surface area contributed by atoms with E-state index in [1.54, 1.807) is 0 Å². The molecule has 0 bridgehead atoms. The molecule has 0 aromatic carbocycles. The lowest BCUT2D eigenvalue weighted by molar-refractivity contribution is -0.216. The van der Waals surface area contributed by atoms with E-state index in [9.17, 15) is 9.90 Å². The molecule has 0 aromatic rings. The summed E-state index contributed by atoms with van der Waals surface area (Å²) in [6, 6.07) is 0. The molecule has 0 aliphatic carbocycles. The Morgan fingerprint density at radius 2 is 2.50 bits per heavy atom. The lowest BCUT2D eigenvalue weighted by Gasteiger charge is -2.05.